The Hall–Kier alpha value is -1.68. The van der Waals surface area contributed by atoms with E-state index in [0.717, 1.165) is 5.69 Å². The molecule has 1 nitrogen and oxygen atoms in total. The number of nitrogens with zero attached hydrogens (tertiary/aromatic N) is 1. The molecule has 0 spiro atoms. The molecule has 0 saturated heterocycles. The van der Waals surface area contributed by atoms with Crippen LogP contribution in [0.25, 0.3) is 31.9 Å². The molecule has 0 radical (unpaired) electrons. The highest BCUT2D eigenvalue weighted by atomic mass is 35.5. The molecule has 1 aliphatic rings. The van der Waals surface area contributed by atoms with Gasteiger partial charge in [-0.25, -0.2) is 4.98 Å². The van der Waals surface area contributed by atoms with Crippen molar-refractivity contribution < 1.29 is 12.4 Å². The minimum atomic E-state index is 0. The summed E-state index contributed by atoms with van der Waals surface area (Å²) in [6.45, 7) is 2.15. The topological polar surface area (TPSA) is 12.9 Å². The van der Waals surface area contributed by atoms with E-state index >= 15 is 0 Å². The molecule has 0 amide bonds. The second-order valence-corrected chi connectivity index (χ2v) is 8.82. The molecule has 0 bridgehead atoms. The standard InChI is InChI=1S/C22H19NS2.ClH/c1-14-8-10-15(11-9-14)17-13-18(20-7-4-12-24-20)23-22-21(17)16-5-2-3-6-19(16)25-22;/h4,7-13H,2-3,5-6H2,1H3;1H/p-1. The van der Waals surface area contributed by atoms with Crippen molar-refractivity contribution in [1.82, 2.24) is 4.98 Å². The summed E-state index contributed by atoms with van der Waals surface area (Å²) in [6, 6.07) is 15.5. The zero-order chi connectivity index (χ0) is 16.8. The van der Waals surface area contributed by atoms with Crippen LogP contribution in [0.2, 0.25) is 0 Å². The lowest BCUT2D eigenvalue weighted by Crippen LogP contribution is -3.00. The minimum absolute atomic E-state index is 0. The van der Waals surface area contributed by atoms with E-state index in [1.807, 2.05) is 11.3 Å². The van der Waals surface area contributed by atoms with Crippen molar-refractivity contribution in [2.24, 2.45) is 0 Å². The van der Waals surface area contributed by atoms with E-state index in [1.165, 1.54) is 57.5 Å². The van der Waals surface area contributed by atoms with Crippen molar-refractivity contribution in [3.05, 3.63) is 63.8 Å². The summed E-state index contributed by atoms with van der Waals surface area (Å²) in [4.78, 5) is 9.08. The Bertz CT molecular complexity index is 1050. The van der Waals surface area contributed by atoms with E-state index in [-0.39, 0.29) is 12.4 Å². The van der Waals surface area contributed by atoms with E-state index in [9.17, 15) is 0 Å². The van der Waals surface area contributed by atoms with Gasteiger partial charge < -0.3 is 12.4 Å². The molecule has 0 aliphatic heterocycles. The van der Waals surface area contributed by atoms with Crippen LogP contribution in [0.15, 0.2) is 47.8 Å². The Morgan fingerprint density at radius 1 is 1.00 bits per heavy atom. The molecular formula is C22H19ClNS2-. The summed E-state index contributed by atoms with van der Waals surface area (Å²) in [5, 5.41) is 3.54. The summed E-state index contributed by atoms with van der Waals surface area (Å²) in [6.07, 6.45) is 5.04. The monoisotopic (exact) mass is 396 g/mol. The van der Waals surface area contributed by atoms with Gasteiger partial charge in [0.2, 0.25) is 0 Å². The fourth-order valence-electron chi connectivity index (χ4n) is 3.77. The third kappa shape index (κ3) is 2.98. The predicted octanol–water partition coefficient (Wildman–Crippen LogP) is 3.88. The van der Waals surface area contributed by atoms with E-state index in [2.05, 4.69) is 54.8 Å². The van der Waals surface area contributed by atoms with Crippen LogP contribution in [0.4, 0.5) is 0 Å². The highest BCUT2D eigenvalue weighted by Crippen LogP contribution is 2.42. The first kappa shape index (κ1) is 17.7. The lowest BCUT2D eigenvalue weighted by molar-refractivity contribution is -0.00000480. The maximum atomic E-state index is 5.06. The van der Waals surface area contributed by atoms with Crippen molar-refractivity contribution >= 4 is 32.9 Å². The van der Waals surface area contributed by atoms with Crippen LogP contribution in [0, 0.1) is 6.92 Å². The normalized spacial score (nSPS) is 13.4. The van der Waals surface area contributed by atoms with Gasteiger partial charge in [-0.2, -0.15) is 0 Å². The summed E-state index contributed by atoms with van der Waals surface area (Å²) in [5.41, 5.74) is 6.64. The van der Waals surface area contributed by atoms with Crippen LogP contribution in [0.5, 0.6) is 0 Å². The third-order valence-electron chi connectivity index (χ3n) is 5.06. The second-order valence-electron chi connectivity index (χ2n) is 6.79. The van der Waals surface area contributed by atoms with E-state index < -0.39 is 0 Å². The van der Waals surface area contributed by atoms with Crippen LogP contribution in [-0.2, 0) is 12.8 Å². The molecule has 1 aliphatic carbocycles. The van der Waals surface area contributed by atoms with Crippen molar-refractivity contribution in [3.63, 3.8) is 0 Å². The van der Waals surface area contributed by atoms with E-state index in [4.69, 9.17) is 4.98 Å². The molecule has 26 heavy (non-hydrogen) atoms. The summed E-state index contributed by atoms with van der Waals surface area (Å²) < 4.78 is 0. The number of halogens is 1. The zero-order valence-electron chi connectivity index (χ0n) is 14.6. The van der Waals surface area contributed by atoms with Crippen LogP contribution in [-0.4, -0.2) is 4.98 Å². The molecule has 3 heterocycles. The maximum Gasteiger partial charge on any atom is 0.125 e. The van der Waals surface area contributed by atoms with Gasteiger partial charge in [-0.3, -0.25) is 0 Å². The Kier molecular flexibility index (Phi) is 4.87. The number of hydrogen-bond acceptors (Lipinski definition) is 3. The number of benzene rings is 1. The highest BCUT2D eigenvalue weighted by Gasteiger charge is 2.21. The average Bonchev–Trinajstić information content (AvgIpc) is 3.29. The first-order valence-corrected chi connectivity index (χ1v) is 10.6. The number of hydrogen-bond donors (Lipinski definition) is 0. The Labute approximate surface area is 168 Å². The number of fused-ring (bicyclic) bond motifs is 3. The number of thiophene rings is 2. The first-order valence-electron chi connectivity index (χ1n) is 8.86. The minimum Gasteiger partial charge on any atom is -1.00 e. The van der Waals surface area contributed by atoms with Crippen molar-refractivity contribution in [1.29, 1.82) is 0 Å². The van der Waals surface area contributed by atoms with Gasteiger partial charge >= 0.3 is 0 Å². The first-order chi connectivity index (χ1) is 12.3. The Balaban J connectivity index is 0.00000168. The number of pyridine rings is 1. The average molecular weight is 397 g/mol. The predicted molar refractivity (Wildman–Crippen MR) is 110 cm³/mol. The smallest absolute Gasteiger partial charge is 0.125 e. The van der Waals surface area contributed by atoms with Gasteiger partial charge in [-0.05, 0) is 66.8 Å². The molecule has 5 rings (SSSR count). The summed E-state index contributed by atoms with van der Waals surface area (Å²) in [5.74, 6) is 0. The fourth-order valence-corrected chi connectivity index (χ4v) is 5.74. The van der Waals surface area contributed by atoms with Crippen LogP contribution in [0.3, 0.4) is 0 Å². The van der Waals surface area contributed by atoms with Crippen molar-refractivity contribution in [2.75, 3.05) is 0 Å². The van der Waals surface area contributed by atoms with Crippen molar-refractivity contribution in [3.8, 4) is 21.7 Å². The molecule has 0 fully saturated rings. The zero-order valence-corrected chi connectivity index (χ0v) is 17.0. The molecule has 4 heteroatoms. The van der Waals surface area contributed by atoms with Crippen LogP contribution in [0.1, 0.15) is 28.8 Å². The maximum absolute atomic E-state index is 5.06. The molecule has 1 aromatic carbocycles. The summed E-state index contributed by atoms with van der Waals surface area (Å²) in [7, 11) is 0. The molecule has 4 aromatic rings. The lowest BCUT2D eigenvalue weighted by atomic mass is 9.92. The van der Waals surface area contributed by atoms with Gasteiger partial charge in [-0.15, -0.1) is 22.7 Å². The van der Waals surface area contributed by atoms with Gasteiger partial charge in [0.15, 0.2) is 0 Å². The lowest BCUT2D eigenvalue weighted by Gasteiger charge is -2.13. The van der Waals surface area contributed by atoms with E-state index in [1.54, 1.807) is 21.8 Å². The van der Waals surface area contributed by atoms with Gasteiger partial charge in [-0.1, -0.05) is 35.9 Å². The van der Waals surface area contributed by atoms with Gasteiger partial charge in [0, 0.05) is 10.3 Å². The quantitative estimate of drug-likeness (QED) is 0.501. The third-order valence-corrected chi connectivity index (χ3v) is 7.14. The van der Waals surface area contributed by atoms with E-state index in [0.29, 0.717) is 0 Å². The molecular weight excluding hydrogens is 378 g/mol. The SMILES string of the molecule is Cc1ccc(-c2cc(-c3cccs3)nc3sc4c(c23)CCCC4)cc1.[Cl-]. The summed E-state index contributed by atoms with van der Waals surface area (Å²) >= 11 is 3.68. The van der Waals surface area contributed by atoms with Crippen molar-refractivity contribution in [2.45, 2.75) is 32.6 Å². The largest absolute Gasteiger partial charge is 1.00 e. The highest BCUT2D eigenvalue weighted by molar-refractivity contribution is 7.19. The molecule has 0 N–H and O–H groups in total. The van der Waals surface area contributed by atoms with Gasteiger partial charge in [0.05, 0.1) is 10.6 Å². The van der Waals surface area contributed by atoms with Gasteiger partial charge in [0.25, 0.3) is 0 Å². The fraction of sp³-hybridized carbons (Fsp3) is 0.227. The van der Waals surface area contributed by atoms with Gasteiger partial charge in [0.1, 0.15) is 4.83 Å². The van der Waals surface area contributed by atoms with Crippen LogP contribution >= 0.6 is 22.7 Å². The molecule has 0 atom stereocenters. The number of aromatic nitrogens is 1. The molecule has 3 aromatic heterocycles. The number of rotatable bonds is 2. The second kappa shape index (κ2) is 7.15. The Morgan fingerprint density at radius 3 is 2.58 bits per heavy atom. The Morgan fingerprint density at radius 2 is 1.81 bits per heavy atom. The molecule has 0 unspecified atom stereocenters. The molecule has 0 saturated carbocycles. The van der Waals surface area contributed by atoms with Crippen LogP contribution < -0.4 is 12.4 Å². The number of aryl methyl sites for hydroxylation is 3. The molecule has 132 valence electrons.